The number of pyridine rings is 1. The first-order valence-corrected chi connectivity index (χ1v) is 7.85. The summed E-state index contributed by atoms with van der Waals surface area (Å²) < 4.78 is 0. The van der Waals surface area contributed by atoms with Crippen LogP contribution in [0.25, 0.3) is 0 Å². The quantitative estimate of drug-likeness (QED) is 0.897. The van der Waals surface area contributed by atoms with Gasteiger partial charge in [-0.25, -0.2) is 9.78 Å². The van der Waals surface area contributed by atoms with E-state index in [9.17, 15) is 14.7 Å². The Kier molecular flexibility index (Phi) is 3.18. The fourth-order valence-electron chi connectivity index (χ4n) is 3.40. The molecule has 24 heavy (non-hydrogen) atoms. The van der Waals surface area contributed by atoms with Gasteiger partial charge in [0, 0.05) is 17.0 Å². The number of nitrogens with zero attached hydrogens (tertiary/aromatic N) is 2. The van der Waals surface area contributed by atoms with Crippen LogP contribution in [0, 0.1) is 5.92 Å². The summed E-state index contributed by atoms with van der Waals surface area (Å²) in [6.07, 6.45) is 1.72. The number of benzene rings is 1. The highest BCUT2D eigenvalue weighted by Gasteiger charge is 2.56. The molecule has 0 radical (unpaired) electrons. The molecule has 6 heteroatoms. The van der Waals surface area contributed by atoms with Crippen molar-refractivity contribution in [2.45, 2.75) is 25.1 Å². The number of carbonyl (C=O) groups is 2. The molecule has 2 heterocycles. The minimum atomic E-state index is -1.34. The normalized spacial score (nSPS) is 22.5. The van der Waals surface area contributed by atoms with Crippen LogP contribution in [0.2, 0.25) is 0 Å². The number of fused-ring (bicyclic) bond motifs is 1. The molecule has 1 fully saturated rings. The largest absolute Gasteiger partial charge is 0.477 e. The number of carbonyl (C=O) groups excluding carboxylic acids is 1. The average Bonchev–Trinajstić information content (AvgIpc) is 3.41. The van der Waals surface area contributed by atoms with Gasteiger partial charge in [0.05, 0.1) is 12.2 Å². The number of aromatic carboxylic acids is 1. The molecule has 1 saturated carbocycles. The van der Waals surface area contributed by atoms with Crippen molar-refractivity contribution in [2.75, 3.05) is 0 Å². The van der Waals surface area contributed by atoms with Crippen LogP contribution in [-0.4, -0.2) is 32.0 Å². The lowest BCUT2D eigenvalue weighted by Gasteiger charge is -2.34. The third-order valence-electron chi connectivity index (χ3n) is 4.70. The Morgan fingerprint density at radius 3 is 2.67 bits per heavy atom. The Morgan fingerprint density at radius 1 is 1.21 bits per heavy atom. The molecule has 1 aliphatic carbocycles. The van der Waals surface area contributed by atoms with Gasteiger partial charge in [0.1, 0.15) is 5.69 Å². The van der Waals surface area contributed by atoms with E-state index in [4.69, 9.17) is 5.11 Å². The summed E-state index contributed by atoms with van der Waals surface area (Å²) in [5.74, 6) is -1.36. The molecule has 2 aromatic rings. The maximum Gasteiger partial charge on any atom is 0.354 e. The summed E-state index contributed by atoms with van der Waals surface area (Å²) in [7, 11) is 0. The Hall–Kier alpha value is -2.73. The lowest BCUT2D eigenvalue weighted by molar-refractivity contribution is -0.106. The van der Waals surface area contributed by atoms with Crippen LogP contribution in [0.4, 0.5) is 0 Å². The number of amides is 1. The highest BCUT2D eigenvalue weighted by molar-refractivity contribution is 5.99. The monoisotopic (exact) mass is 324 g/mol. The van der Waals surface area contributed by atoms with E-state index in [1.165, 1.54) is 11.0 Å². The van der Waals surface area contributed by atoms with Crippen LogP contribution >= 0.6 is 0 Å². The van der Waals surface area contributed by atoms with Gasteiger partial charge in [0.15, 0.2) is 5.72 Å². The SMILES string of the molecule is O=C(O)c1cccc(CN2C(=O)c3ccccc3C2(O)C2CC2)n1. The second-order valence-corrected chi connectivity index (χ2v) is 6.26. The van der Waals surface area contributed by atoms with Crippen molar-refractivity contribution >= 4 is 11.9 Å². The second-order valence-electron chi connectivity index (χ2n) is 6.26. The molecule has 1 atom stereocenters. The van der Waals surface area contributed by atoms with Crippen molar-refractivity contribution in [3.05, 3.63) is 65.0 Å². The van der Waals surface area contributed by atoms with Crippen LogP contribution in [0.5, 0.6) is 0 Å². The zero-order valence-electron chi connectivity index (χ0n) is 12.8. The van der Waals surface area contributed by atoms with Crippen LogP contribution in [0.15, 0.2) is 42.5 Å². The zero-order valence-corrected chi connectivity index (χ0v) is 12.8. The van der Waals surface area contributed by atoms with Crippen LogP contribution in [-0.2, 0) is 12.3 Å². The standard InChI is InChI=1S/C18H16N2O4/c21-16-13-5-1-2-6-14(13)18(24,11-8-9-11)20(16)10-12-4-3-7-15(19-12)17(22)23/h1-7,11,24H,8-10H2,(H,22,23). The molecular weight excluding hydrogens is 308 g/mol. The first-order valence-electron chi connectivity index (χ1n) is 7.85. The fourth-order valence-corrected chi connectivity index (χ4v) is 3.40. The predicted octanol–water partition coefficient (Wildman–Crippen LogP) is 1.99. The maximum atomic E-state index is 12.8. The van der Waals surface area contributed by atoms with Gasteiger partial charge in [-0.1, -0.05) is 24.3 Å². The van der Waals surface area contributed by atoms with Crippen molar-refractivity contribution in [1.29, 1.82) is 0 Å². The van der Waals surface area contributed by atoms with Crippen LogP contribution in [0.3, 0.4) is 0 Å². The minimum Gasteiger partial charge on any atom is -0.477 e. The van der Waals surface area contributed by atoms with Crippen molar-refractivity contribution in [3.63, 3.8) is 0 Å². The van der Waals surface area contributed by atoms with E-state index in [-0.39, 0.29) is 24.1 Å². The topological polar surface area (TPSA) is 90.7 Å². The molecule has 0 saturated heterocycles. The summed E-state index contributed by atoms with van der Waals surface area (Å²) in [5, 5.41) is 20.4. The number of aliphatic hydroxyl groups is 1. The first kappa shape index (κ1) is 14.8. The predicted molar refractivity (Wildman–Crippen MR) is 84.1 cm³/mol. The van der Waals surface area contributed by atoms with Crippen LogP contribution in [0.1, 0.15) is 44.9 Å². The van der Waals surface area contributed by atoms with Crippen molar-refractivity contribution < 1.29 is 19.8 Å². The van der Waals surface area contributed by atoms with Gasteiger partial charge in [-0.05, 0) is 31.0 Å². The summed E-state index contributed by atoms with van der Waals surface area (Å²) >= 11 is 0. The molecule has 1 amide bonds. The lowest BCUT2D eigenvalue weighted by atomic mass is 9.97. The average molecular weight is 324 g/mol. The first-order chi connectivity index (χ1) is 11.5. The Morgan fingerprint density at radius 2 is 1.96 bits per heavy atom. The van der Waals surface area contributed by atoms with E-state index in [0.29, 0.717) is 16.8 Å². The molecular formula is C18H16N2O4. The number of hydrogen-bond donors (Lipinski definition) is 2. The third-order valence-corrected chi connectivity index (χ3v) is 4.70. The van der Waals surface area contributed by atoms with E-state index in [0.717, 1.165) is 12.8 Å². The van der Waals surface area contributed by atoms with E-state index in [1.54, 1.807) is 30.3 Å². The number of aromatic nitrogens is 1. The smallest absolute Gasteiger partial charge is 0.354 e. The molecule has 122 valence electrons. The molecule has 1 aliphatic heterocycles. The van der Waals surface area contributed by atoms with Gasteiger partial charge in [-0.3, -0.25) is 4.79 Å². The molecule has 6 nitrogen and oxygen atoms in total. The molecule has 4 rings (SSSR count). The van der Waals surface area contributed by atoms with Gasteiger partial charge in [-0.15, -0.1) is 0 Å². The molecule has 2 aliphatic rings. The van der Waals surface area contributed by atoms with Gasteiger partial charge in [0.25, 0.3) is 5.91 Å². The molecule has 0 spiro atoms. The molecule has 1 aromatic heterocycles. The van der Waals surface area contributed by atoms with Gasteiger partial charge in [-0.2, -0.15) is 0 Å². The minimum absolute atomic E-state index is 0.00718. The summed E-state index contributed by atoms with van der Waals surface area (Å²) in [6, 6.07) is 11.7. The van der Waals surface area contributed by atoms with E-state index in [1.807, 2.05) is 6.07 Å². The lowest BCUT2D eigenvalue weighted by Crippen LogP contribution is -2.45. The Balaban J connectivity index is 1.74. The summed E-state index contributed by atoms with van der Waals surface area (Å²) in [5.41, 5.74) is 0.157. The number of carboxylic acids is 1. The highest BCUT2D eigenvalue weighted by atomic mass is 16.4. The summed E-state index contributed by atoms with van der Waals surface area (Å²) in [4.78, 5) is 29.4. The van der Waals surface area contributed by atoms with Crippen molar-refractivity contribution in [3.8, 4) is 0 Å². The fraction of sp³-hybridized carbons (Fsp3) is 0.278. The number of carboxylic acid groups (broad SMARTS) is 1. The van der Waals surface area contributed by atoms with E-state index < -0.39 is 11.7 Å². The maximum absolute atomic E-state index is 12.8. The van der Waals surface area contributed by atoms with Gasteiger partial charge >= 0.3 is 5.97 Å². The van der Waals surface area contributed by atoms with Gasteiger partial charge < -0.3 is 15.1 Å². The van der Waals surface area contributed by atoms with E-state index in [2.05, 4.69) is 4.98 Å². The molecule has 2 N–H and O–H groups in total. The van der Waals surface area contributed by atoms with Crippen LogP contribution < -0.4 is 0 Å². The third kappa shape index (κ3) is 2.11. The zero-order chi connectivity index (χ0) is 16.9. The molecule has 1 unspecified atom stereocenters. The number of rotatable bonds is 4. The van der Waals surface area contributed by atoms with Gasteiger partial charge in [0.2, 0.25) is 0 Å². The second kappa shape index (κ2) is 5.14. The Bertz CT molecular complexity index is 846. The van der Waals surface area contributed by atoms with Crippen molar-refractivity contribution in [2.24, 2.45) is 5.92 Å². The van der Waals surface area contributed by atoms with Crippen molar-refractivity contribution in [1.82, 2.24) is 9.88 Å². The number of hydrogen-bond acceptors (Lipinski definition) is 4. The Labute approximate surface area is 138 Å². The summed E-state index contributed by atoms with van der Waals surface area (Å²) in [6.45, 7) is 0.0711. The highest BCUT2D eigenvalue weighted by Crippen LogP contribution is 2.52. The molecule has 0 bridgehead atoms. The van der Waals surface area contributed by atoms with E-state index >= 15 is 0 Å². The molecule has 1 aromatic carbocycles.